The van der Waals surface area contributed by atoms with Crippen LogP contribution in [0.4, 0.5) is 4.79 Å². The molecule has 3 aliphatic heterocycles. The molecule has 0 saturated carbocycles. The molecule has 8 nitrogen and oxygen atoms in total. The lowest BCUT2D eigenvalue weighted by Gasteiger charge is -2.42. The summed E-state index contributed by atoms with van der Waals surface area (Å²) in [6.45, 7) is 10.4. The van der Waals surface area contributed by atoms with Crippen LogP contribution in [0.3, 0.4) is 0 Å². The van der Waals surface area contributed by atoms with Gasteiger partial charge in [0.1, 0.15) is 11.6 Å². The van der Waals surface area contributed by atoms with E-state index in [2.05, 4.69) is 5.32 Å². The smallest absolute Gasteiger partial charge is 0.411 e. The highest BCUT2D eigenvalue weighted by Crippen LogP contribution is 2.36. The van der Waals surface area contributed by atoms with Gasteiger partial charge in [-0.1, -0.05) is 12.1 Å². The number of nitrogens with zero attached hydrogens (tertiary/aromatic N) is 2. The topological polar surface area (TPSA) is 96.0 Å². The molecule has 3 aliphatic rings. The number of fused-ring (bicyclic) bond motifs is 1. The van der Waals surface area contributed by atoms with E-state index in [1.54, 1.807) is 9.80 Å². The Labute approximate surface area is 193 Å². The maximum absolute atomic E-state index is 12.9. The minimum absolute atomic E-state index is 0.180. The van der Waals surface area contributed by atoms with E-state index in [1.165, 1.54) is 0 Å². The van der Waals surface area contributed by atoms with Crippen LogP contribution in [-0.4, -0.2) is 57.3 Å². The van der Waals surface area contributed by atoms with Crippen molar-refractivity contribution in [2.24, 2.45) is 0 Å². The molecule has 0 spiro atoms. The number of carbonyl (C=O) groups is 4. The average Bonchev–Trinajstić information content (AvgIpc) is 3.01. The molecule has 4 rings (SSSR count). The summed E-state index contributed by atoms with van der Waals surface area (Å²) in [4.78, 5) is 52.6. The standard InChI is InChI=1S/C25H31N3O5/c1-24(2,3)33-23(32)28-11-10-16(13-25(28,4)5)15-6-7-18-17(12-15)14-27(22(18)31)19-8-9-20(29)26-21(19)30/h6-7,10,12,19H,8-9,11,13-14H2,1-5H3,(H,26,29,30). The maximum Gasteiger partial charge on any atom is 0.411 e. The highest BCUT2D eigenvalue weighted by atomic mass is 16.6. The summed E-state index contributed by atoms with van der Waals surface area (Å²) < 4.78 is 5.57. The number of benzene rings is 1. The zero-order valence-corrected chi connectivity index (χ0v) is 19.9. The zero-order valence-electron chi connectivity index (χ0n) is 19.9. The van der Waals surface area contributed by atoms with Crippen molar-refractivity contribution in [1.82, 2.24) is 15.1 Å². The lowest BCUT2D eigenvalue weighted by molar-refractivity contribution is -0.136. The van der Waals surface area contributed by atoms with Gasteiger partial charge in [-0.15, -0.1) is 0 Å². The van der Waals surface area contributed by atoms with E-state index in [9.17, 15) is 19.2 Å². The van der Waals surface area contributed by atoms with Crippen LogP contribution in [0.15, 0.2) is 24.3 Å². The first-order valence-corrected chi connectivity index (χ1v) is 11.3. The minimum Gasteiger partial charge on any atom is -0.444 e. The molecule has 33 heavy (non-hydrogen) atoms. The van der Waals surface area contributed by atoms with Crippen LogP contribution < -0.4 is 5.32 Å². The summed E-state index contributed by atoms with van der Waals surface area (Å²) in [5, 5.41) is 2.33. The molecule has 3 heterocycles. The van der Waals surface area contributed by atoms with Crippen LogP contribution >= 0.6 is 0 Å². The second-order valence-electron chi connectivity index (χ2n) is 10.6. The van der Waals surface area contributed by atoms with Gasteiger partial charge in [0.05, 0.1) is 0 Å². The van der Waals surface area contributed by atoms with Crippen LogP contribution in [0.1, 0.15) is 75.4 Å². The zero-order chi connectivity index (χ0) is 24.1. The molecule has 1 saturated heterocycles. The van der Waals surface area contributed by atoms with Crippen molar-refractivity contribution >= 4 is 29.4 Å². The van der Waals surface area contributed by atoms with Gasteiger partial charge >= 0.3 is 6.09 Å². The van der Waals surface area contributed by atoms with Crippen LogP contribution in [0, 0.1) is 0 Å². The van der Waals surface area contributed by atoms with Gasteiger partial charge in [0.2, 0.25) is 11.8 Å². The number of rotatable bonds is 2. The van der Waals surface area contributed by atoms with E-state index >= 15 is 0 Å². The van der Waals surface area contributed by atoms with E-state index in [1.807, 2.05) is 58.9 Å². The van der Waals surface area contributed by atoms with Gasteiger partial charge in [-0.2, -0.15) is 0 Å². The Hall–Kier alpha value is -3.16. The van der Waals surface area contributed by atoms with Gasteiger partial charge in [0.25, 0.3) is 5.91 Å². The highest BCUT2D eigenvalue weighted by molar-refractivity contribution is 6.05. The summed E-state index contributed by atoms with van der Waals surface area (Å²) >= 11 is 0. The van der Waals surface area contributed by atoms with Crippen molar-refractivity contribution in [1.29, 1.82) is 0 Å². The fraction of sp³-hybridized carbons (Fsp3) is 0.520. The SMILES string of the molecule is CC(C)(C)OC(=O)N1CC=C(c2ccc3c(c2)CN(C2CCC(=O)NC2=O)C3=O)CC1(C)C. The van der Waals surface area contributed by atoms with Crippen molar-refractivity contribution in [2.75, 3.05) is 6.54 Å². The van der Waals surface area contributed by atoms with E-state index in [0.717, 1.165) is 16.7 Å². The molecule has 0 radical (unpaired) electrons. The van der Waals surface area contributed by atoms with E-state index in [0.29, 0.717) is 31.5 Å². The Morgan fingerprint density at radius 2 is 1.91 bits per heavy atom. The van der Waals surface area contributed by atoms with Gasteiger partial charge in [-0.25, -0.2) is 4.79 Å². The second-order valence-corrected chi connectivity index (χ2v) is 10.6. The Morgan fingerprint density at radius 3 is 2.55 bits per heavy atom. The normalized spacial score (nSPS) is 22.6. The minimum atomic E-state index is -0.624. The molecule has 1 aromatic rings. The van der Waals surface area contributed by atoms with Gasteiger partial charge in [-0.05, 0) is 76.3 Å². The summed E-state index contributed by atoms with van der Waals surface area (Å²) in [6, 6.07) is 5.12. The maximum atomic E-state index is 12.9. The van der Waals surface area contributed by atoms with Gasteiger partial charge < -0.3 is 9.64 Å². The van der Waals surface area contributed by atoms with Gasteiger partial charge in [0.15, 0.2) is 0 Å². The fourth-order valence-electron chi connectivity index (χ4n) is 4.72. The number of piperidine rings is 1. The second kappa shape index (κ2) is 8.01. The van der Waals surface area contributed by atoms with Crippen molar-refractivity contribution in [3.63, 3.8) is 0 Å². The van der Waals surface area contributed by atoms with Crippen molar-refractivity contribution < 1.29 is 23.9 Å². The van der Waals surface area contributed by atoms with Crippen molar-refractivity contribution in [3.8, 4) is 0 Å². The number of hydrogen-bond acceptors (Lipinski definition) is 5. The molecule has 8 heteroatoms. The molecule has 4 amide bonds. The number of carbonyl (C=O) groups excluding carboxylic acids is 4. The summed E-state index contributed by atoms with van der Waals surface area (Å²) in [5.41, 5.74) is 2.58. The largest absolute Gasteiger partial charge is 0.444 e. The fourth-order valence-corrected chi connectivity index (χ4v) is 4.72. The Kier molecular flexibility index (Phi) is 5.58. The quantitative estimate of drug-likeness (QED) is 0.694. The molecular formula is C25H31N3O5. The van der Waals surface area contributed by atoms with Crippen LogP contribution in [0.25, 0.3) is 5.57 Å². The number of hydrogen-bond donors (Lipinski definition) is 1. The molecule has 0 aliphatic carbocycles. The van der Waals surface area contributed by atoms with E-state index in [4.69, 9.17) is 4.74 Å². The molecule has 1 N–H and O–H groups in total. The predicted molar refractivity (Wildman–Crippen MR) is 122 cm³/mol. The lowest BCUT2D eigenvalue weighted by atomic mass is 9.85. The van der Waals surface area contributed by atoms with Crippen molar-refractivity contribution in [3.05, 3.63) is 41.0 Å². The lowest BCUT2D eigenvalue weighted by Crippen LogP contribution is -2.52. The molecule has 0 bridgehead atoms. The molecule has 1 aromatic carbocycles. The Morgan fingerprint density at radius 1 is 1.18 bits per heavy atom. The van der Waals surface area contributed by atoms with E-state index in [-0.39, 0.29) is 24.3 Å². The molecule has 1 atom stereocenters. The molecule has 176 valence electrons. The summed E-state index contributed by atoms with van der Waals surface area (Å²) in [6.07, 6.45) is 2.93. The molecule has 1 unspecified atom stereocenters. The first-order valence-electron chi connectivity index (χ1n) is 11.3. The van der Waals surface area contributed by atoms with Crippen LogP contribution in [-0.2, 0) is 20.9 Å². The molecule has 0 aromatic heterocycles. The van der Waals surface area contributed by atoms with Crippen LogP contribution in [0.5, 0.6) is 0 Å². The van der Waals surface area contributed by atoms with Gasteiger partial charge in [0, 0.05) is 30.6 Å². The molecular weight excluding hydrogens is 422 g/mol. The summed E-state index contributed by atoms with van der Waals surface area (Å²) in [5.74, 6) is -0.887. The van der Waals surface area contributed by atoms with Crippen molar-refractivity contribution in [2.45, 2.75) is 77.6 Å². The third kappa shape index (κ3) is 4.51. The monoisotopic (exact) mass is 453 g/mol. The number of nitrogens with one attached hydrogen (secondary N) is 1. The van der Waals surface area contributed by atoms with Gasteiger partial charge in [-0.3, -0.25) is 24.6 Å². The highest BCUT2D eigenvalue weighted by Gasteiger charge is 2.40. The average molecular weight is 454 g/mol. The first kappa shape index (κ1) is 23.0. The predicted octanol–water partition coefficient (Wildman–Crippen LogP) is 3.25. The molecule has 1 fully saturated rings. The number of imide groups is 1. The third-order valence-corrected chi connectivity index (χ3v) is 6.38. The Bertz CT molecular complexity index is 1070. The van der Waals surface area contributed by atoms with E-state index < -0.39 is 23.1 Å². The Balaban J connectivity index is 1.53. The van der Waals surface area contributed by atoms with Crippen LogP contribution in [0.2, 0.25) is 0 Å². The number of amides is 4. The number of ether oxygens (including phenoxy) is 1. The summed E-state index contributed by atoms with van der Waals surface area (Å²) in [7, 11) is 0. The first-order chi connectivity index (χ1) is 15.4. The third-order valence-electron chi connectivity index (χ3n) is 6.38.